The Morgan fingerprint density at radius 1 is 1.44 bits per heavy atom. The molecular formula is C12H23N3O. The van der Waals surface area contributed by atoms with Gasteiger partial charge in [-0.3, -0.25) is 4.79 Å². The molecule has 0 radical (unpaired) electrons. The molecule has 92 valence electrons. The van der Waals surface area contributed by atoms with Crippen molar-refractivity contribution >= 4 is 5.91 Å². The molecule has 1 amide bonds. The molecule has 0 aliphatic rings. The number of rotatable bonds is 3. The van der Waals surface area contributed by atoms with Gasteiger partial charge in [0.2, 0.25) is 5.91 Å². The predicted molar refractivity (Wildman–Crippen MR) is 66.4 cm³/mol. The molecule has 0 aliphatic carbocycles. The molecule has 0 unspecified atom stereocenters. The highest BCUT2D eigenvalue weighted by molar-refractivity contribution is 5.75. The third-order valence-electron chi connectivity index (χ3n) is 2.19. The van der Waals surface area contributed by atoms with Crippen molar-refractivity contribution in [2.45, 2.75) is 40.7 Å². The molecule has 0 aliphatic heterocycles. The number of hydrogen-bond acceptors (Lipinski definition) is 2. The smallest absolute Gasteiger partial charge is 0.242 e. The second-order valence-electron chi connectivity index (χ2n) is 3.55. The highest BCUT2D eigenvalue weighted by atomic mass is 16.2. The largest absolute Gasteiger partial charge is 0.347 e. The monoisotopic (exact) mass is 225 g/mol. The Balaban J connectivity index is 0.00000106. The van der Waals surface area contributed by atoms with Gasteiger partial charge in [-0.25, -0.2) is 4.98 Å². The van der Waals surface area contributed by atoms with Gasteiger partial charge in [0.25, 0.3) is 0 Å². The molecule has 0 atom stereocenters. The van der Waals surface area contributed by atoms with Gasteiger partial charge in [-0.15, -0.1) is 0 Å². The highest BCUT2D eigenvalue weighted by Crippen LogP contribution is 2.03. The van der Waals surface area contributed by atoms with Gasteiger partial charge in [0.05, 0.1) is 5.69 Å². The van der Waals surface area contributed by atoms with E-state index in [0.29, 0.717) is 6.54 Å². The Bertz CT molecular complexity index is 329. The van der Waals surface area contributed by atoms with Crippen LogP contribution in [-0.4, -0.2) is 34.5 Å². The van der Waals surface area contributed by atoms with Crippen LogP contribution in [0.25, 0.3) is 0 Å². The summed E-state index contributed by atoms with van der Waals surface area (Å²) in [6.07, 6.45) is 2.85. The van der Waals surface area contributed by atoms with Crippen molar-refractivity contribution in [2.24, 2.45) is 0 Å². The molecule has 0 spiro atoms. The van der Waals surface area contributed by atoms with Crippen LogP contribution in [0.5, 0.6) is 0 Å². The van der Waals surface area contributed by atoms with E-state index in [1.807, 2.05) is 31.5 Å². The topological polar surface area (TPSA) is 38.1 Å². The second kappa shape index (κ2) is 7.04. The summed E-state index contributed by atoms with van der Waals surface area (Å²) in [6, 6.07) is 0. The number of aromatic nitrogens is 2. The molecule has 0 aromatic carbocycles. The van der Waals surface area contributed by atoms with E-state index in [2.05, 4.69) is 11.9 Å². The van der Waals surface area contributed by atoms with E-state index in [1.54, 1.807) is 19.0 Å². The van der Waals surface area contributed by atoms with Crippen molar-refractivity contribution in [1.29, 1.82) is 0 Å². The Hall–Kier alpha value is -1.32. The molecule has 1 rings (SSSR count). The molecule has 4 nitrogen and oxygen atoms in total. The summed E-state index contributed by atoms with van der Waals surface area (Å²) in [4.78, 5) is 17.4. The first-order valence-corrected chi connectivity index (χ1v) is 5.77. The fraction of sp³-hybridized carbons (Fsp3) is 0.667. The van der Waals surface area contributed by atoms with Gasteiger partial charge in [-0.1, -0.05) is 20.8 Å². The Labute approximate surface area is 98.3 Å². The van der Waals surface area contributed by atoms with Gasteiger partial charge in [0.15, 0.2) is 0 Å². The van der Waals surface area contributed by atoms with Crippen LogP contribution >= 0.6 is 0 Å². The zero-order valence-corrected chi connectivity index (χ0v) is 11.2. The quantitative estimate of drug-likeness (QED) is 0.787. The molecule has 1 aromatic rings. The number of aryl methyl sites for hydroxylation is 2. The summed E-state index contributed by atoms with van der Waals surface area (Å²) in [5.74, 6) is 0.991. The minimum Gasteiger partial charge on any atom is -0.347 e. The van der Waals surface area contributed by atoms with Gasteiger partial charge in [0, 0.05) is 20.3 Å². The van der Waals surface area contributed by atoms with Gasteiger partial charge in [-0.05, 0) is 13.3 Å². The lowest BCUT2D eigenvalue weighted by atomic mass is 10.4. The lowest BCUT2D eigenvalue weighted by Gasteiger charge is -2.11. The molecule has 0 N–H and O–H groups in total. The number of imidazole rings is 1. The van der Waals surface area contributed by atoms with E-state index in [-0.39, 0.29) is 5.91 Å². The fourth-order valence-electron chi connectivity index (χ4n) is 1.19. The molecule has 0 saturated carbocycles. The molecule has 1 heterocycles. The standard InChI is InChI=1S/C10H17N3O.C2H6/c1-5-9-6-13(8(2)11-9)7-10(14)12(3)4;1-2/h6H,5,7H2,1-4H3;1-2H3. The first-order chi connectivity index (χ1) is 7.54. The maximum absolute atomic E-state index is 11.4. The normalized spacial score (nSPS) is 9.38. The van der Waals surface area contributed by atoms with Crippen LogP contribution in [0.1, 0.15) is 32.3 Å². The number of carbonyl (C=O) groups excluding carboxylic acids is 1. The first kappa shape index (κ1) is 14.7. The summed E-state index contributed by atoms with van der Waals surface area (Å²) < 4.78 is 1.89. The summed E-state index contributed by atoms with van der Waals surface area (Å²) >= 11 is 0. The molecule has 0 bridgehead atoms. The van der Waals surface area contributed by atoms with Crippen LogP contribution in [0.4, 0.5) is 0 Å². The van der Waals surface area contributed by atoms with Gasteiger partial charge < -0.3 is 9.47 Å². The van der Waals surface area contributed by atoms with Crippen molar-refractivity contribution in [3.8, 4) is 0 Å². The average Bonchev–Trinajstić information content (AvgIpc) is 2.62. The molecule has 0 saturated heterocycles. The van der Waals surface area contributed by atoms with E-state index in [0.717, 1.165) is 17.9 Å². The number of carbonyl (C=O) groups is 1. The number of hydrogen-bond donors (Lipinski definition) is 0. The summed E-state index contributed by atoms with van der Waals surface area (Å²) in [7, 11) is 3.52. The maximum Gasteiger partial charge on any atom is 0.242 e. The van der Waals surface area contributed by atoms with Crippen molar-refractivity contribution in [1.82, 2.24) is 14.5 Å². The van der Waals surface area contributed by atoms with Crippen LogP contribution in [0, 0.1) is 6.92 Å². The Kier molecular flexibility index (Phi) is 6.46. The molecule has 1 aromatic heterocycles. The zero-order valence-electron chi connectivity index (χ0n) is 11.2. The zero-order chi connectivity index (χ0) is 12.7. The maximum atomic E-state index is 11.4. The van der Waals surface area contributed by atoms with Crippen molar-refractivity contribution in [3.63, 3.8) is 0 Å². The van der Waals surface area contributed by atoms with Crippen LogP contribution < -0.4 is 0 Å². The van der Waals surface area contributed by atoms with Crippen LogP contribution in [0.3, 0.4) is 0 Å². The van der Waals surface area contributed by atoms with E-state index >= 15 is 0 Å². The minimum atomic E-state index is 0.0909. The molecule has 4 heteroatoms. The van der Waals surface area contributed by atoms with Crippen molar-refractivity contribution in [2.75, 3.05) is 14.1 Å². The van der Waals surface area contributed by atoms with Crippen molar-refractivity contribution < 1.29 is 4.79 Å². The van der Waals surface area contributed by atoms with Gasteiger partial charge in [-0.2, -0.15) is 0 Å². The van der Waals surface area contributed by atoms with Crippen LogP contribution in [0.2, 0.25) is 0 Å². The third-order valence-corrected chi connectivity index (χ3v) is 2.19. The Morgan fingerprint density at radius 3 is 2.38 bits per heavy atom. The van der Waals surface area contributed by atoms with Crippen molar-refractivity contribution in [3.05, 3.63) is 17.7 Å². The average molecular weight is 225 g/mol. The van der Waals surface area contributed by atoms with Crippen LogP contribution in [-0.2, 0) is 17.8 Å². The summed E-state index contributed by atoms with van der Waals surface area (Å²) in [5.41, 5.74) is 1.04. The number of amides is 1. The molecule has 0 fully saturated rings. The first-order valence-electron chi connectivity index (χ1n) is 5.77. The van der Waals surface area contributed by atoms with Gasteiger partial charge in [0.1, 0.15) is 12.4 Å². The summed E-state index contributed by atoms with van der Waals surface area (Å²) in [6.45, 7) is 8.35. The van der Waals surface area contributed by atoms with E-state index in [4.69, 9.17) is 0 Å². The van der Waals surface area contributed by atoms with Gasteiger partial charge >= 0.3 is 0 Å². The fourth-order valence-corrected chi connectivity index (χ4v) is 1.19. The summed E-state index contributed by atoms with van der Waals surface area (Å²) in [5, 5.41) is 0. The molecule has 16 heavy (non-hydrogen) atoms. The highest BCUT2D eigenvalue weighted by Gasteiger charge is 2.08. The number of nitrogens with zero attached hydrogens (tertiary/aromatic N) is 3. The SMILES string of the molecule is CC.CCc1cn(CC(=O)N(C)C)c(C)n1. The molecular weight excluding hydrogens is 202 g/mol. The van der Waals surface area contributed by atoms with Crippen LogP contribution in [0.15, 0.2) is 6.20 Å². The predicted octanol–water partition coefficient (Wildman–Crippen LogP) is 1.87. The lowest BCUT2D eigenvalue weighted by Crippen LogP contribution is -2.26. The van der Waals surface area contributed by atoms with E-state index in [1.165, 1.54) is 0 Å². The Morgan fingerprint density at radius 2 is 2.00 bits per heavy atom. The van der Waals surface area contributed by atoms with E-state index < -0.39 is 0 Å². The minimum absolute atomic E-state index is 0.0909. The second-order valence-corrected chi connectivity index (χ2v) is 3.55. The third kappa shape index (κ3) is 4.04. The number of likely N-dealkylation sites (N-methyl/N-ethyl adjacent to an activating group) is 1. The van der Waals surface area contributed by atoms with E-state index in [9.17, 15) is 4.79 Å². The lowest BCUT2D eigenvalue weighted by molar-refractivity contribution is -0.129.